The molecule has 1 aliphatic heterocycles. The van der Waals surface area contributed by atoms with Crippen LogP contribution in [0.25, 0.3) is 0 Å². The maximum atomic E-state index is 10.9. The molecule has 4 nitrogen and oxygen atoms in total. The van der Waals surface area contributed by atoms with E-state index in [1.54, 1.807) is 6.92 Å². The molecule has 2 aliphatic rings. The van der Waals surface area contributed by atoms with Gasteiger partial charge in [0.25, 0.3) is 0 Å². The fourth-order valence-electron chi connectivity index (χ4n) is 4.83. The number of aliphatic hydroxyl groups is 2. The van der Waals surface area contributed by atoms with Crippen molar-refractivity contribution in [3.63, 3.8) is 0 Å². The molecule has 1 fully saturated rings. The molecule has 0 bridgehead atoms. The van der Waals surface area contributed by atoms with E-state index >= 15 is 0 Å². The van der Waals surface area contributed by atoms with Crippen LogP contribution < -0.4 is 4.74 Å². The van der Waals surface area contributed by atoms with Crippen LogP contribution in [0, 0.1) is 5.92 Å². The third kappa shape index (κ3) is 3.59. The molecule has 1 aliphatic carbocycles. The normalized spacial score (nSPS) is 28.7. The maximum absolute atomic E-state index is 10.9. The Morgan fingerprint density at radius 1 is 1.27 bits per heavy atom. The first-order valence-electron chi connectivity index (χ1n) is 9.94. The highest BCUT2D eigenvalue weighted by atomic mass is 16.5. The van der Waals surface area contributed by atoms with Gasteiger partial charge in [0.2, 0.25) is 0 Å². The van der Waals surface area contributed by atoms with Crippen molar-refractivity contribution >= 4 is 0 Å². The van der Waals surface area contributed by atoms with Crippen molar-refractivity contribution in [3.8, 4) is 11.5 Å². The molecular weight excluding hydrogens is 328 g/mol. The number of aromatic hydroxyl groups is 1. The van der Waals surface area contributed by atoms with Crippen LogP contribution in [0.2, 0.25) is 0 Å². The second-order valence-corrected chi connectivity index (χ2v) is 9.56. The van der Waals surface area contributed by atoms with Crippen LogP contribution in [0.4, 0.5) is 0 Å². The predicted molar refractivity (Wildman–Crippen MR) is 103 cm³/mol. The van der Waals surface area contributed by atoms with Crippen molar-refractivity contribution in [1.82, 2.24) is 0 Å². The minimum atomic E-state index is -0.333. The van der Waals surface area contributed by atoms with Crippen LogP contribution in [0.15, 0.2) is 12.1 Å². The minimum Gasteiger partial charge on any atom is -0.508 e. The van der Waals surface area contributed by atoms with Gasteiger partial charge in [-0.05, 0) is 76.0 Å². The summed E-state index contributed by atoms with van der Waals surface area (Å²) in [5.41, 5.74) is 1.41. The molecule has 146 valence electrons. The van der Waals surface area contributed by atoms with Crippen LogP contribution >= 0.6 is 0 Å². The zero-order valence-corrected chi connectivity index (χ0v) is 16.7. The first kappa shape index (κ1) is 19.5. The summed E-state index contributed by atoms with van der Waals surface area (Å²) < 4.78 is 6.38. The first-order valence-corrected chi connectivity index (χ1v) is 9.94. The Morgan fingerprint density at radius 3 is 2.62 bits per heavy atom. The monoisotopic (exact) mass is 362 g/mol. The van der Waals surface area contributed by atoms with Gasteiger partial charge in [-0.15, -0.1) is 0 Å². The largest absolute Gasteiger partial charge is 0.508 e. The maximum Gasteiger partial charge on any atom is 0.127 e. The molecule has 4 atom stereocenters. The van der Waals surface area contributed by atoms with Gasteiger partial charge in [-0.3, -0.25) is 0 Å². The summed E-state index contributed by atoms with van der Waals surface area (Å²) in [6.45, 7) is 10.3. The number of aliphatic hydroxyl groups excluding tert-OH is 2. The van der Waals surface area contributed by atoms with Gasteiger partial charge in [-0.2, -0.15) is 0 Å². The van der Waals surface area contributed by atoms with Crippen molar-refractivity contribution < 1.29 is 20.1 Å². The van der Waals surface area contributed by atoms with Gasteiger partial charge in [-0.25, -0.2) is 0 Å². The smallest absolute Gasteiger partial charge is 0.127 e. The molecule has 1 aromatic carbocycles. The molecule has 3 N–H and O–H groups in total. The van der Waals surface area contributed by atoms with Crippen molar-refractivity contribution in [2.24, 2.45) is 5.92 Å². The van der Waals surface area contributed by atoms with E-state index in [9.17, 15) is 15.3 Å². The molecule has 1 aromatic rings. The lowest BCUT2D eigenvalue weighted by Crippen LogP contribution is -2.47. The first-order chi connectivity index (χ1) is 12.0. The van der Waals surface area contributed by atoms with E-state index in [1.807, 2.05) is 6.07 Å². The molecule has 0 radical (unpaired) electrons. The molecular formula is C22H34O4. The van der Waals surface area contributed by atoms with E-state index in [1.165, 1.54) is 0 Å². The summed E-state index contributed by atoms with van der Waals surface area (Å²) in [5.74, 6) is 1.47. The Labute approximate surface area is 157 Å². The van der Waals surface area contributed by atoms with E-state index < -0.39 is 0 Å². The number of phenolic OH excluding ortho intramolecular Hbond substituents is 1. The number of hydrogen-bond donors (Lipinski definition) is 3. The molecule has 0 spiro atoms. The van der Waals surface area contributed by atoms with Crippen molar-refractivity contribution in [1.29, 1.82) is 0 Å². The Hall–Kier alpha value is -1.26. The van der Waals surface area contributed by atoms with Crippen LogP contribution in [-0.4, -0.2) is 33.1 Å². The van der Waals surface area contributed by atoms with E-state index in [2.05, 4.69) is 33.8 Å². The molecule has 0 aromatic heterocycles. The van der Waals surface area contributed by atoms with E-state index in [0.717, 1.165) is 36.1 Å². The highest BCUT2D eigenvalue weighted by molar-refractivity contribution is 5.53. The summed E-state index contributed by atoms with van der Waals surface area (Å²) in [5, 5.41) is 30.7. The van der Waals surface area contributed by atoms with E-state index in [-0.39, 0.29) is 34.9 Å². The topological polar surface area (TPSA) is 69.9 Å². The van der Waals surface area contributed by atoms with Gasteiger partial charge >= 0.3 is 0 Å². The number of phenols is 1. The number of benzene rings is 1. The average Bonchev–Trinajstić information content (AvgIpc) is 2.51. The van der Waals surface area contributed by atoms with Crippen molar-refractivity contribution in [2.45, 2.75) is 95.9 Å². The molecule has 4 heteroatoms. The second-order valence-electron chi connectivity index (χ2n) is 9.56. The standard InChI is InChI=1S/C22H34O4/c1-13(23)8-9-21(2,3)14-10-18(25)20-16-12-15(24)6-7-17(16)22(4,5)26-19(20)11-14/h10-11,13,15-17,23-25H,6-9,12H2,1-5H3/t13?,15?,16-,17-/m1/s1. The molecule has 0 amide bonds. The lowest BCUT2D eigenvalue weighted by atomic mass is 9.65. The molecule has 1 saturated carbocycles. The zero-order valence-electron chi connectivity index (χ0n) is 16.7. The summed E-state index contributed by atoms with van der Waals surface area (Å²) in [6.07, 6.45) is 3.31. The van der Waals surface area contributed by atoms with Gasteiger partial charge < -0.3 is 20.1 Å². The van der Waals surface area contributed by atoms with E-state index in [0.29, 0.717) is 18.8 Å². The van der Waals surface area contributed by atoms with Crippen LogP contribution in [-0.2, 0) is 5.41 Å². The fraction of sp³-hybridized carbons (Fsp3) is 0.727. The Kier molecular flexibility index (Phi) is 5.04. The zero-order chi connectivity index (χ0) is 19.3. The summed E-state index contributed by atoms with van der Waals surface area (Å²) in [6, 6.07) is 3.93. The average molecular weight is 363 g/mol. The van der Waals surface area contributed by atoms with Crippen LogP contribution in [0.5, 0.6) is 11.5 Å². The highest BCUT2D eigenvalue weighted by Gasteiger charge is 2.47. The van der Waals surface area contributed by atoms with Crippen molar-refractivity contribution in [2.75, 3.05) is 0 Å². The van der Waals surface area contributed by atoms with Gasteiger partial charge in [0.1, 0.15) is 17.1 Å². The van der Waals surface area contributed by atoms with Crippen LogP contribution in [0.1, 0.15) is 83.8 Å². The molecule has 26 heavy (non-hydrogen) atoms. The minimum absolute atomic E-state index is 0.132. The lowest BCUT2D eigenvalue weighted by molar-refractivity contribution is -0.0318. The quantitative estimate of drug-likeness (QED) is 0.749. The Bertz CT molecular complexity index is 662. The number of fused-ring (bicyclic) bond motifs is 3. The van der Waals surface area contributed by atoms with Gasteiger partial charge in [0.15, 0.2) is 0 Å². The molecule has 1 heterocycles. The van der Waals surface area contributed by atoms with E-state index in [4.69, 9.17) is 4.74 Å². The van der Waals surface area contributed by atoms with Gasteiger partial charge in [0.05, 0.1) is 12.2 Å². The predicted octanol–water partition coefficient (Wildman–Crippen LogP) is 4.25. The summed E-state index contributed by atoms with van der Waals surface area (Å²) in [7, 11) is 0. The molecule has 0 saturated heterocycles. The summed E-state index contributed by atoms with van der Waals surface area (Å²) >= 11 is 0. The lowest BCUT2D eigenvalue weighted by Gasteiger charge is -2.48. The Morgan fingerprint density at radius 2 is 1.96 bits per heavy atom. The number of ether oxygens (including phenoxy) is 1. The summed E-state index contributed by atoms with van der Waals surface area (Å²) in [4.78, 5) is 0. The fourth-order valence-corrected chi connectivity index (χ4v) is 4.83. The van der Waals surface area contributed by atoms with Gasteiger partial charge in [-0.1, -0.05) is 13.8 Å². The SMILES string of the molecule is CC(O)CCC(C)(C)c1cc(O)c2c(c1)OC(C)(C)[C@@H]1CCC(O)C[C@@H]21. The third-order valence-electron chi connectivity index (χ3n) is 6.55. The van der Waals surface area contributed by atoms with Crippen molar-refractivity contribution in [3.05, 3.63) is 23.3 Å². The Balaban J connectivity index is 2.00. The number of hydrogen-bond acceptors (Lipinski definition) is 4. The van der Waals surface area contributed by atoms with Crippen LogP contribution in [0.3, 0.4) is 0 Å². The molecule has 2 unspecified atom stereocenters. The van der Waals surface area contributed by atoms with Gasteiger partial charge in [0, 0.05) is 17.4 Å². The number of rotatable bonds is 4. The highest BCUT2D eigenvalue weighted by Crippen LogP contribution is 2.55. The third-order valence-corrected chi connectivity index (χ3v) is 6.55. The molecule has 3 rings (SSSR count). The second kappa shape index (κ2) is 6.72.